The number of aliphatic hydroxyl groups is 1. The zero-order valence-electron chi connectivity index (χ0n) is 19.0. The summed E-state index contributed by atoms with van der Waals surface area (Å²) in [6, 6.07) is 16.6. The Hall–Kier alpha value is -3.98. The van der Waals surface area contributed by atoms with E-state index in [9.17, 15) is 22.7 Å². The molecule has 0 aliphatic heterocycles. The zero-order chi connectivity index (χ0) is 25.3. The van der Waals surface area contributed by atoms with Crippen molar-refractivity contribution in [2.24, 2.45) is 0 Å². The molecule has 4 aromatic rings. The molecule has 1 aromatic heterocycles. The minimum absolute atomic E-state index is 0.198. The summed E-state index contributed by atoms with van der Waals surface area (Å²) in [6.45, 7) is 0.198. The predicted octanol–water partition coefficient (Wildman–Crippen LogP) is 6.12. The average Bonchev–Trinajstić information content (AvgIpc) is 3.24. The summed E-state index contributed by atoms with van der Waals surface area (Å²) in [5.41, 5.74) is 3.94. The number of anilines is 3. The van der Waals surface area contributed by atoms with Gasteiger partial charge in [0.05, 0.1) is 17.4 Å². The van der Waals surface area contributed by atoms with Gasteiger partial charge in [0, 0.05) is 36.0 Å². The molecular weight excluding hydrogens is 472 g/mol. The van der Waals surface area contributed by atoms with Crippen LogP contribution in [0.4, 0.5) is 34.8 Å². The molecule has 0 saturated heterocycles. The van der Waals surface area contributed by atoms with E-state index in [-0.39, 0.29) is 12.2 Å². The van der Waals surface area contributed by atoms with E-state index in [0.717, 1.165) is 28.9 Å². The van der Waals surface area contributed by atoms with Crippen LogP contribution in [-0.2, 0) is 25.6 Å². The van der Waals surface area contributed by atoms with Crippen molar-refractivity contribution in [1.29, 1.82) is 0 Å². The molecule has 3 aromatic carbocycles. The molecule has 0 saturated carbocycles. The summed E-state index contributed by atoms with van der Waals surface area (Å²) < 4.78 is 53.5. The second-order valence-corrected chi connectivity index (χ2v) is 8.66. The Balaban J connectivity index is 1.46. The van der Waals surface area contributed by atoms with Gasteiger partial charge < -0.3 is 15.7 Å². The van der Waals surface area contributed by atoms with Crippen molar-refractivity contribution in [3.8, 4) is 11.3 Å². The Bertz CT molecular complexity index is 1390. The normalized spacial score (nSPS) is 15.0. The minimum Gasteiger partial charge on any atom is -0.392 e. The highest BCUT2D eigenvalue weighted by Gasteiger charge is 2.31. The van der Waals surface area contributed by atoms with Gasteiger partial charge in [0.15, 0.2) is 0 Å². The third-order valence-corrected chi connectivity index (χ3v) is 6.12. The summed E-state index contributed by atoms with van der Waals surface area (Å²) >= 11 is 0. The minimum atomic E-state index is -4.51. The largest absolute Gasteiger partial charge is 0.416 e. The number of rotatable bonds is 6. The molecule has 5 nitrogen and oxygen atoms in total. The van der Waals surface area contributed by atoms with E-state index in [1.165, 1.54) is 24.5 Å². The van der Waals surface area contributed by atoms with Crippen molar-refractivity contribution < 1.29 is 22.7 Å². The SMILES string of the molecule is OC1Cc2cccc(Nc3cc(-c4ccc(C(F)(F)F)cc4NCc4ccc(F)cc4)ncn3)c2C1. The van der Waals surface area contributed by atoms with Crippen molar-refractivity contribution in [1.82, 2.24) is 9.97 Å². The van der Waals surface area contributed by atoms with E-state index in [0.29, 0.717) is 35.5 Å². The van der Waals surface area contributed by atoms with Gasteiger partial charge in [-0.2, -0.15) is 13.2 Å². The number of hydrogen-bond donors (Lipinski definition) is 3. The van der Waals surface area contributed by atoms with Crippen molar-refractivity contribution in [2.75, 3.05) is 10.6 Å². The van der Waals surface area contributed by atoms with Gasteiger partial charge in [-0.15, -0.1) is 0 Å². The lowest BCUT2D eigenvalue weighted by molar-refractivity contribution is -0.137. The fraction of sp³-hybridized carbons (Fsp3) is 0.185. The van der Waals surface area contributed by atoms with Crippen LogP contribution >= 0.6 is 0 Å². The maximum absolute atomic E-state index is 13.4. The summed E-state index contributed by atoms with van der Waals surface area (Å²) in [5, 5.41) is 16.3. The highest BCUT2D eigenvalue weighted by molar-refractivity contribution is 5.78. The fourth-order valence-electron chi connectivity index (χ4n) is 4.35. The maximum atomic E-state index is 13.4. The molecule has 5 rings (SSSR count). The van der Waals surface area contributed by atoms with Gasteiger partial charge in [-0.25, -0.2) is 14.4 Å². The monoisotopic (exact) mass is 494 g/mol. The Kier molecular flexibility index (Phi) is 6.32. The first-order chi connectivity index (χ1) is 17.3. The van der Waals surface area contributed by atoms with Gasteiger partial charge in [0.25, 0.3) is 0 Å². The molecule has 36 heavy (non-hydrogen) atoms. The number of benzene rings is 3. The lowest BCUT2D eigenvalue weighted by Gasteiger charge is -2.16. The molecule has 0 radical (unpaired) electrons. The maximum Gasteiger partial charge on any atom is 0.416 e. The molecule has 1 aliphatic carbocycles. The second kappa shape index (κ2) is 9.58. The van der Waals surface area contributed by atoms with E-state index in [2.05, 4.69) is 20.6 Å². The molecule has 1 unspecified atom stereocenters. The molecule has 184 valence electrons. The Morgan fingerprint density at radius 3 is 2.50 bits per heavy atom. The van der Waals surface area contributed by atoms with Crippen LogP contribution in [0.5, 0.6) is 0 Å². The van der Waals surface area contributed by atoms with E-state index in [1.807, 2.05) is 18.2 Å². The number of nitrogens with one attached hydrogen (secondary N) is 2. The van der Waals surface area contributed by atoms with Crippen LogP contribution in [0.2, 0.25) is 0 Å². The predicted molar refractivity (Wildman–Crippen MR) is 129 cm³/mol. The van der Waals surface area contributed by atoms with E-state index in [1.54, 1.807) is 18.2 Å². The van der Waals surface area contributed by atoms with Gasteiger partial charge in [-0.1, -0.05) is 30.3 Å². The molecular formula is C27H22F4N4O. The summed E-state index contributed by atoms with van der Waals surface area (Å²) in [6.07, 6.45) is -2.47. The topological polar surface area (TPSA) is 70.1 Å². The van der Waals surface area contributed by atoms with Crippen molar-refractivity contribution >= 4 is 17.2 Å². The van der Waals surface area contributed by atoms with Crippen molar-refractivity contribution in [2.45, 2.75) is 31.7 Å². The van der Waals surface area contributed by atoms with Gasteiger partial charge in [0.1, 0.15) is 18.0 Å². The number of hydrogen-bond acceptors (Lipinski definition) is 5. The van der Waals surface area contributed by atoms with Crippen LogP contribution in [0, 0.1) is 5.82 Å². The molecule has 3 N–H and O–H groups in total. The number of aliphatic hydroxyl groups excluding tert-OH is 1. The van der Waals surface area contributed by atoms with Crippen LogP contribution in [0.25, 0.3) is 11.3 Å². The van der Waals surface area contributed by atoms with Crippen LogP contribution in [-0.4, -0.2) is 21.2 Å². The number of fused-ring (bicyclic) bond motifs is 1. The van der Waals surface area contributed by atoms with Crippen molar-refractivity contribution in [3.63, 3.8) is 0 Å². The second-order valence-electron chi connectivity index (χ2n) is 8.66. The standard InChI is InChI=1S/C27H22F4N4O/c28-19-7-4-16(5-8-19)14-32-24-11-18(27(29,30)31)6-9-21(24)25-13-26(34-15-33-25)35-23-3-1-2-17-10-20(36)12-22(17)23/h1-9,11,13,15,20,32,36H,10,12,14H2,(H,33,34,35). The third-order valence-electron chi connectivity index (χ3n) is 6.12. The van der Waals surface area contributed by atoms with Crippen LogP contribution in [0.15, 0.2) is 73.1 Å². The molecule has 0 bridgehead atoms. The molecule has 0 amide bonds. The number of aromatic nitrogens is 2. The Morgan fingerprint density at radius 2 is 1.72 bits per heavy atom. The van der Waals surface area contributed by atoms with Gasteiger partial charge in [-0.3, -0.25) is 0 Å². The quantitative estimate of drug-likeness (QED) is 0.282. The van der Waals surface area contributed by atoms with Crippen LogP contribution in [0.3, 0.4) is 0 Å². The zero-order valence-corrected chi connectivity index (χ0v) is 19.0. The molecule has 1 heterocycles. The van der Waals surface area contributed by atoms with Gasteiger partial charge in [-0.05, 0) is 53.4 Å². The smallest absolute Gasteiger partial charge is 0.392 e. The number of halogens is 4. The summed E-state index contributed by atoms with van der Waals surface area (Å²) in [7, 11) is 0. The molecule has 0 fully saturated rings. The van der Waals surface area contributed by atoms with Crippen LogP contribution < -0.4 is 10.6 Å². The van der Waals surface area contributed by atoms with Crippen molar-refractivity contribution in [3.05, 3.63) is 101 Å². The van der Waals surface area contributed by atoms with Gasteiger partial charge in [0.2, 0.25) is 0 Å². The van der Waals surface area contributed by atoms with E-state index in [4.69, 9.17) is 0 Å². The van der Waals surface area contributed by atoms with E-state index >= 15 is 0 Å². The Labute approximate surface area is 204 Å². The summed E-state index contributed by atoms with van der Waals surface area (Å²) in [5.74, 6) is 0.0808. The highest BCUT2D eigenvalue weighted by atomic mass is 19.4. The first-order valence-electron chi connectivity index (χ1n) is 11.3. The summed E-state index contributed by atoms with van der Waals surface area (Å²) in [4.78, 5) is 8.57. The number of alkyl halides is 3. The lowest BCUT2D eigenvalue weighted by Crippen LogP contribution is -2.08. The first-order valence-corrected chi connectivity index (χ1v) is 11.3. The van der Waals surface area contributed by atoms with Gasteiger partial charge >= 0.3 is 6.18 Å². The molecule has 0 spiro atoms. The lowest BCUT2D eigenvalue weighted by atomic mass is 10.0. The number of nitrogens with zero attached hydrogens (tertiary/aromatic N) is 2. The van der Waals surface area contributed by atoms with E-state index < -0.39 is 23.7 Å². The molecule has 9 heteroatoms. The Morgan fingerprint density at radius 1 is 0.917 bits per heavy atom. The molecule has 1 aliphatic rings. The van der Waals surface area contributed by atoms with Crippen LogP contribution in [0.1, 0.15) is 22.3 Å². The average molecular weight is 494 g/mol. The highest BCUT2D eigenvalue weighted by Crippen LogP contribution is 2.36. The first kappa shape index (κ1) is 23.7. The molecule has 1 atom stereocenters. The fourth-order valence-corrected chi connectivity index (χ4v) is 4.35. The third kappa shape index (κ3) is 5.16.